The van der Waals surface area contributed by atoms with Gasteiger partial charge in [-0.1, -0.05) is 54.2 Å². The average Bonchev–Trinajstić information content (AvgIpc) is 2.88. The van der Waals surface area contributed by atoms with Gasteiger partial charge in [-0.25, -0.2) is 0 Å². The van der Waals surface area contributed by atoms with Crippen LogP contribution in [0.2, 0.25) is 0 Å². The summed E-state index contributed by atoms with van der Waals surface area (Å²) in [6.45, 7) is 1.42. The summed E-state index contributed by atoms with van der Waals surface area (Å²) >= 11 is 0.987. The van der Waals surface area contributed by atoms with Crippen molar-refractivity contribution in [1.29, 1.82) is 0 Å². The summed E-state index contributed by atoms with van der Waals surface area (Å²) < 4.78 is 0. The van der Waals surface area contributed by atoms with Crippen molar-refractivity contribution in [1.82, 2.24) is 4.90 Å². The lowest BCUT2D eigenvalue weighted by atomic mass is 10.0. The number of rotatable bonds is 5. The number of carbonyl (C=O) groups excluding carboxylic acids is 3. The van der Waals surface area contributed by atoms with Crippen LogP contribution in [-0.2, 0) is 4.79 Å². The van der Waals surface area contributed by atoms with E-state index < -0.39 is 24.0 Å². The summed E-state index contributed by atoms with van der Waals surface area (Å²) in [5.74, 6) is -0.744. The third-order valence-corrected chi connectivity index (χ3v) is 5.03. The molecule has 0 unspecified atom stereocenters. The highest BCUT2D eigenvalue weighted by molar-refractivity contribution is 8.13. The molecule has 0 saturated carbocycles. The second-order valence-electron chi connectivity index (χ2n) is 5.75. The van der Waals surface area contributed by atoms with Gasteiger partial charge in [-0.15, -0.1) is 0 Å². The van der Waals surface area contributed by atoms with E-state index in [1.165, 1.54) is 6.92 Å². The van der Waals surface area contributed by atoms with Crippen molar-refractivity contribution in [3.05, 3.63) is 71.3 Å². The summed E-state index contributed by atoms with van der Waals surface area (Å²) in [6, 6.07) is 14.6. The molecule has 2 aromatic rings. The molecule has 2 atom stereocenters. The molecule has 3 rings (SSSR count). The van der Waals surface area contributed by atoms with Crippen LogP contribution in [0, 0.1) is 0 Å². The Hall–Kier alpha value is -2.44. The Morgan fingerprint density at radius 3 is 2.04 bits per heavy atom. The lowest BCUT2D eigenvalue weighted by Crippen LogP contribution is -2.45. The average molecular weight is 355 g/mol. The number of aliphatic hydroxyl groups excluding tert-OH is 1. The molecular formula is C19H17NO4S. The van der Waals surface area contributed by atoms with Gasteiger partial charge in [-0.3, -0.25) is 19.3 Å². The zero-order chi connectivity index (χ0) is 18.0. The number of carbonyl (C=O) groups is 3. The molecule has 0 aliphatic carbocycles. The number of imide groups is 1. The Kier molecular flexibility index (Phi) is 5.01. The monoisotopic (exact) mass is 355 g/mol. The van der Waals surface area contributed by atoms with Gasteiger partial charge in [0, 0.05) is 12.7 Å². The molecule has 5 nitrogen and oxygen atoms in total. The highest BCUT2D eigenvalue weighted by Crippen LogP contribution is 2.31. The minimum Gasteiger partial charge on any atom is -0.386 e. The molecule has 128 valence electrons. The molecule has 1 aliphatic rings. The van der Waals surface area contributed by atoms with Crippen molar-refractivity contribution in [2.45, 2.75) is 19.1 Å². The van der Waals surface area contributed by atoms with Crippen molar-refractivity contribution in [3.63, 3.8) is 0 Å². The number of aliphatic hydroxyl groups is 1. The second kappa shape index (κ2) is 7.21. The van der Waals surface area contributed by atoms with E-state index in [1.54, 1.807) is 48.5 Å². The van der Waals surface area contributed by atoms with Crippen molar-refractivity contribution in [3.8, 4) is 0 Å². The van der Waals surface area contributed by atoms with Crippen LogP contribution in [-0.4, -0.2) is 38.7 Å². The highest BCUT2D eigenvalue weighted by Gasteiger charge is 2.42. The minimum absolute atomic E-state index is 0.136. The fraction of sp³-hybridized carbons (Fsp3) is 0.211. The van der Waals surface area contributed by atoms with E-state index >= 15 is 0 Å². The van der Waals surface area contributed by atoms with Crippen molar-refractivity contribution in [2.75, 3.05) is 5.75 Å². The summed E-state index contributed by atoms with van der Waals surface area (Å²) in [4.78, 5) is 37.9. The zero-order valence-corrected chi connectivity index (χ0v) is 14.4. The molecule has 1 aliphatic heterocycles. The molecule has 0 fully saturated rings. The summed E-state index contributed by atoms with van der Waals surface area (Å²) in [6.07, 6.45) is -1.07. The number of amides is 2. The molecule has 0 aromatic heterocycles. The second-order valence-corrected chi connectivity index (χ2v) is 6.95. The van der Waals surface area contributed by atoms with Crippen LogP contribution < -0.4 is 0 Å². The molecule has 0 radical (unpaired) electrons. The van der Waals surface area contributed by atoms with Crippen LogP contribution in [0.4, 0.5) is 0 Å². The maximum atomic E-state index is 12.7. The number of fused-ring (bicyclic) bond motifs is 1. The number of nitrogens with zero attached hydrogens (tertiary/aromatic N) is 1. The van der Waals surface area contributed by atoms with Gasteiger partial charge in [0.05, 0.1) is 17.2 Å². The van der Waals surface area contributed by atoms with Crippen LogP contribution in [0.3, 0.4) is 0 Å². The molecule has 1 N–H and O–H groups in total. The fourth-order valence-corrected chi connectivity index (χ4v) is 3.63. The van der Waals surface area contributed by atoms with Gasteiger partial charge in [0.15, 0.2) is 5.12 Å². The van der Waals surface area contributed by atoms with Gasteiger partial charge in [0.2, 0.25) is 0 Å². The molecule has 25 heavy (non-hydrogen) atoms. The van der Waals surface area contributed by atoms with E-state index in [0.29, 0.717) is 16.7 Å². The Balaban J connectivity index is 1.96. The van der Waals surface area contributed by atoms with Gasteiger partial charge in [-0.2, -0.15) is 0 Å². The predicted molar refractivity (Wildman–Crippen MR) is 95.3 cm³/mol. The van der Waals surface area contributed by atoms with Crippen molar-refractivity contribution in [2.24, 2.45) is 0 Å². The number of thioether (sulfide) groups is 1. The molecule has 6 heteroatoms. The molecule has 0 spiro atoms. The van der Waals surface area contributed by atoms with Crippen LogP contribution >= 0.6 is 11.8 Å². The predicted octanol–water partition coefficient (Wildman–Crippen LogP) is 2.66. The van der Waals surface area contributed by atoms with Crippen LogP contribution in [0.15, 0.2) is 54.6 Å². The zero-order valence-electron chi connectivity index (χ0n) is 13.6. The topological polar surface area (TPSA) is 74.7 Å². The molecular weight excluding hydrogens is 338 g/mol. The largest absolute Gasteiger partial charge is 0.386 e. The Bertz CT molecular complexity index is 786. The first kappa shape index (κ1) is 17.4. The van der Waals surface area contributed by atoms with Crippen LogP contribution in [0.5, 0.6) is 0 Å². The van der Waals surface area contributed by atoms with Crippen LogP contribution in [0.1, 0.15) is 39.3 Å². The van der Waals surface area contributed by atoms with E-state index in [9.17, 15) is 19.5 Å². The van der Waals surface area contributed by atoms with E-state index in [4.69, 9.17) is 0 Å². The number of hydrogen-bond donors (Lipinski definition) is 1. The summed E-state index contributed by atoms with van der Waals surface area (Å²) in [7, 11) is 0. The molecule has 0 bridgehead atoms. The third-order valence-electron chi connectivity index (χ3n) is 4.12. The quantitative estimate of drug-likeness (QED) is 0.835. The lowest BCUT2D eigenvalue weighted by molar-refractivity contribution is -0.109. The van der Waals surface area contributed by atoms with Crippen LogP contribution in [0.25, 0.3) is 0 Å². The first-order valence-corrected chi connectivity index (χ1v) is 8.82. The first-order valence-electron chi connectivity index (χ1n) is 7.84. The lowest BCUT2D eigenvalue weighted by Gasteiger charge is -2.30. The Labute approximate surface area is 149 Å². The maximum absolute atomic E-state index is 12.7. The molecule has 2 aromatic carbocycles. The standard InChI is InChI=1S/C19H17NO4S/c1-12(21)25-11-16(17(22)13-7-3-2-4-8-13)20-18(23)14-9-5-6-10-15(14)19(20)24/h2-10,16-17,22H,11H2,1H3/t16-,17-/m0/s1. The normalized spacial score (nSPS) is 15.8. The number of hydrogen-bond acceptors (Lipinski definition) is 5. The molecule has 0 saturated heterocycles. The van der Waals surface area contributed by atoms with Gasteiger partial charge in [0.1, 0.15) is 6.10 Å². The smallest absolute Gasteiger partial charge is 0.261 e. The Morgan fingerprint density at radius 2 is 1.52 bits per heavy atom. The van der Waals surface area contributed by atoms with Gasteiger partial charge in [0.25, 0.3) is 11.8 Å². The van der Waals surface area contributed by atoms with E-state index in [2.05, 4.69) is 0 Å². The van der Waals surface area contributed by atoms with E-state index in [0.717, 1.165) is 16.7 Å². The Morgan fingerprint density at radius 1 is 1.00 bits per heavy atom. The van der Waals surface area contributed by atoms with E-state index in [-0.39, 0.29) is 10.9 Å². The minimum atomic E-state index is -1.07. The molecule has 2 amide bonds. The fourth-order valence-electron chi connectivity index (χ4n) is 2.89. The third kappa shape index (κ3) is 3.36. The summed E-state index contributed by atoms with van der Waals surface area (Å²) in [5.41, 5.74) is 1.24. The van der Waals surface area contributed by atoms with Crippen molar-refractivity contribution >= 4 is 28.7 Å². The first-order chi connectivity index (χ1) is 12.0. The van der Waals surface area contributed by atoms with Crippen molar-refractivity contribution < 1.29 is 19.5 Å². The van der Waals surface area contributed by atoms with Gasteiger partial charge < -0.3 is 5.11 Å². The highest BCUT2D eigenvalue weighted by atomic mass is 32.2. The van der Waals surface area contributed by atoms with Gasteiger partial charge >= 0.3 is 0 Å². The number of benzene rings is 2. The SMILES string of the molecule is CC(=O)SC[C@@H]([C@@H](O)c1ccccc1)N1C(=O)c2ccccc2C1=O. The maximum Gasteiger partial charge on any atom is 0.261 e. The van der Waals surface area contributed by atoms with E-state index in [1.807, 2.05) is 6.07 Å². The molecule has 1 heterocycles. The van der Waals surface area contributed by atoms with Gasteiger partial charge in [-0.05, 0) is 17.7 Å². The summed E-state index contributed by atoms with van der Waals surface area (Å²) in [5, 5.41) is 10.7.